The molecule has 0 amide bonds. The first-order valence-corrected chi connectivity index (χ1v) is 12.2. The van der Waals surface area contributed by atoms with Crippen molar-refractivity contribution in [3.8, 4) is 0 Å². The van der Waals surface area contributed by atoms with Crippen LogP contribution in [0.2, 0.25) is 0 Å². The maximum Gasteiger partial charge on any atom is 0.269 e. The van der Waals surface area contributed by atoms with Gasteiger partial charge in [0.2, 0.25) is 0 Å². The first kappa shape index (κ1) is 21.2. The highest BCUT2D eigenvalue weighted by molar-refractivity contribution is 7.92. The van der Waals surface area contributed by atoms with Gasteiger partial charge in [0.15, 0.2) is 0 Å². The molecule has 3 aromatic carbocycles. The summed E-state index contributed by atoms with van der Waals surface area (Å²) in [6, 6.07) is 19.0. The zero-order chi connectivity index (χ0) is 23.2. The van der Waals surface area contributed by atoms with Crippen molar-refractivity contribution in [2.24, 2.45) is 5.92 Å². The molecule has 0 radical (unpaired) electrons. The molecule has 0 unspecified atom stereocenters. The number of aryl methyl sites for hydroxylation is 1. The van der Waals surface area contributed by atoms with Crippen LogP contribution < -0.4 is 10.0 Å². The highest BCUT2D eigenvalue weighted by Gasteiger charge is 2.38. The molecule has 2 N–H and O–H groups in total. The number of nitro groups is 1. The first-order chi connectivity index (χ1) is 15.8. The number of hydrogen-bond donors (Lipinski definition) is 2. The van der Waals surface area contributed by atoms with Gasteiger partial charge in [-0.25, -0.2) is 8.42 Å². The molecule has 0 saturated carbocycles. The van der Waals surface area contributed by atoms with Gasteiger partial charge in [0.1, 0.15) is 0 Å². The number of fused-ring (bicyclic) bond motifs is 3. The highest BCUT2D eigenvalue weighted by atomic mass is 32.2. The number of nitro benzene ring substituents is 1. The summed E-state index contributed by atoms with van der Waals surface area (Å²) in [6.07, 6.45) is 5.02. The van der Waals surface area contributed by atoms with Crippen LogP contribution in [0.3, 0.4) is 0 Å². The molecule has 1 aliphatic carbocycles. The van der Waals surface area contributed by atoms with Gasteiger partial charge in [0, 0.05) is 23.7 Å². The van der Waals surface area contributed by atoms with Crippen molar-refractivity contribution in [1.29, 1.82) is 0 Å². The summed E-state index contributed by atoms with van der Waals surface area (Å²) in [5.74, 6) is 0.168. The predicted molar refractivity (Wildman–Crippen MR) is 128 cm³/mol. The number of rotatable bonds is 5. The number of hydrogen-bond acceptors (Lipinski definition) is 5. The van der Waals surface area contributed by atoms with E-state index in [2.05, 4.69) is 22.2 Å². The second-order valence-corrected chi connectivity index (χ2v) is 10.2. The molecule has 1 aliphatic heterocycles. The molecule has 0 fully saturated rings. The van der Waals surface area contributed by atoms with Crippen LogP contribution in [0.4, 0.5) is 17.1 Å². The van der Waals surface area contributed by atoms with Crippen LogP contribution in [-0.2, 0) is 10.0 Å². The molecule has 3 atom stereocenters. The van der Waals surface area contributed by atoms with E-state index in [4.69, 9.17) is 0 Å². The largest absolute Gasteiger partial charge is 0.378 e. The van der Waals surface area contributed by atoms with E-state index < -0.39 is 10.0 Å². The van der Waals surface area contributed by atoms with Gasteiger partial charge in [-0.1, -0.05) is 42.5 Å². The minimum absolute atomic E-state index is 0.0270. The van der Waals surface area contributed by atoms with E-state index in [1.54, 1.807) is 42.5 Å². The third kappa shape index (κ3) is 3.87. The molecule has 0 aromatic heterocycles. The lowest BCUT2D eigenvalue weighted by Gasteiger charge is -2.37. The summed E-state index contributed by atoms with van der Waals surface area (Å²) in [5.41, 5.74) is 4.08. The van der Waals surface area contributed by atoms with Crippen LogP contribution in [0.1, 0.15) is 35.1 Å². The van der Waals surface area contributed by atoms with Crippen LogP contribution in [0.15, 0.2) is 83.8 Å². The minimum atomic E-state index is -3.76. The van der Waals surface area contributed by atoms with Crippen LogP contribution >= 0.6 is 0 Å². The van der Waals surface area contributed by atoms with E-state index in [1.807, 2.05) is 25.1 Å². The fraction of sp³-hybridized carbons (Fsp3) is 0.200. The van der Waals surface area contributed by atoms with Crippen LogP contribution in [0, 0.1) is 23.0 Å². The summed E-state index contributed by atoms with van der Waals surface area (Å²) in [4.78, 5) is 11.1. The number of sulfonamides is 1. The van der Waals surface area contributed by atoms with E-state index >= 15 is 0 Å². The van der Waals surface area contributed by atoms with Crippen molar-refractivity contribution in [2.45, 2.75) is 30.2 Å². The lowest BCUT2D eigenvalue weighted by Crippen LogP contribution is -2.29. The standard InChI is InChI=1S/C25H23N3O4S/c1-16-6-2-3-11-23(16)27-33(31,32)19-12-13-24-22(15-19)20-9-5-10-21(20)25(26-24)17-7-4-8-18(14-17)28(29)30/h2-9,11-15,20-21,25-27H,10H2,1H3/t20-,21+,25+/m0/s1. The van der Waals surface area contributed by atoms with Crippen molar-refractivity contribution in [3.63, 3.8) is 0 Å². The topological polar surface area (TPSA) is 101 Å². The van der Waals surface area contributed by atoms with Crippen LogP contribution in [-0.4, -0.2) is 13.3 Å². The van der Waals surface area contributed by atoms with Crippen LogP contribution in [0.5, 0.6) is 0 Å². The Labute approximate surface area is 192 Å². The van der Waals surface area contributed by atoms with E-state index in [-0.39, 0.29) is 33.4 Å². The molecule has 33 heavy (non-hydrogen) atoms. The number of non-ortho nitro benzene ring substituents is 1. The Bertz CT molecular complexity index is 1380. The van der Waals surface area contributed by atoms with Gasteiger partial charge in [0.05, 0.1) is 21.5 Å². The van der Waals surface area contributed by atoms with E-state index in [0.29, 0.717) is 5.69 Å². The van der Waals surface area contributed by atoms with Gasteiger partial charge in [-0.15, -0.1) is 0 Å². The Morgan fingerprint density at radius 3 is 2.67 bits per heavy atom. The van der Waals surface area contributed by atoms with Crippen LogP contribution in [0.25, 0.3) is 0 Å². The minimum Gasteiger partial charge on any atom is -0.378 e. The number of anilines is 2. The second-order valence-electron chi connectivity index (χ2n) is 8.50. The molecule has 2 aliphatic rings. The van der Waals surface area contributed by atoms with Gasteiger partial charge < -0.3 is 5.32 Å². The van der Waals surface area contributed by atoms with Gasteiger partial charge in [-0.2, -0.15) is 0 Å². The Kier molecular flexibility index (Phi) is 5.17. The second kappa shape index (κ2) is 8.04. The SMILES string of the molecule is Cc1ccccc1NS(=O)(=O)c1ccc2c(c1)[C@H]1C=CC[C@H]1[C@@H](c1cccc([N+](=O)[O-])c1)N2. The van der Waals surface area contributed by atoms with Crippen molar-refractivity contribution in [2.75, 3.05) is 10.0 Å². The van der Waals surface area contributed by atoms with Gasteiger partial charge in [0.25, 0.3) is 15.7 Å². The zero-order valence-electron chi connectivity index (χ0n) is 17.9. The molecule has 0 saturated heterocycles. The molecule has 1 heterocycles. The summed E-state index contributed by atoms with van der Waals surface area (Å²) < 4.78 is 28.9. The molecule has 168 valence electrons. The first-order valence-electron chi connectivity index (χ1n) is 10.7. The van der Waals surface area contributed by atoms with Gasteiger partial charge >= 0.3 is 0 Å². The summed E-state index contributed by atoms with van der Waals surface area (Å²) in [7, 11) is -3.76. The molecule has 0 bridgehead atoms. The average molecular weight is 462 g/mol. The molecule has 8 heteroatoms. The third-order valence-electron chi connectivity index (χ3n) is 6.47. The maximum atomic E-state index is 13.1. The lowest BCUT2D eigenvalue weighted by molar-refractivity contribution is -0.384. The highest BCUT2D eigenvalue weighted by Crippen LogP contribution is 2.50. The zero-order valence-corrected chi connectivity index (χ0v) is 18.7. The predicted octanol–water partition coefficient (Wildman–Crippen LogP) is 5.53. The molecule has 3 aromatic rings. The molecule has 7 nitrogen and oxygen atoms in total. The number of nitrogens with one attached hydrogen (secondary N) is 2. The Hall–Kier alpha value is -3.65. The monoisotopic (exact) mass is 461 g/mol. The Balaban J connectivity index is 1.50. The smallest absolute Gasteiger partial charge is 0.269 e. The normalized spacial score (nSPS) is 21.1. The number of para-hydroxylation sites is 1. The molecular formula is C25H23N3O4S. The Morgan fingerprint density at radius 1 is 1.06 bits per heavy atom. The average Bonchev–Trinajstić information content (AvgIpc) is 3.30. The van der Waals surface area contributed by atoms with Gasteiger partial charge in [-0.3, -0.25) is 14.8 Å². The lowest BCUT2D eigenvalue weighted by atomic mass is 9.77. The fourth-order valence-corrected chi connectivity index (χ4v) is 5.96. The maximum absolute atomic E-state index is 13.1. The summed E-state index contributed by atoms with van der Waals surface area (Å²) in [5, 5.41) is 14.8. The molecule has 0 spiro atoms. The summed E-state index contributed by atoms with van der Waals surface area (Å²) >= 11 is 0. The number of nitrogens with zero attached hydrogens (tertiary/aromatic N) is 1. The fourth-order valence-electron chi connectivity index (χ4n) is 4.79. The van der Waals surface area contributed by atoms with Crippen molar-refractivity contribution in [1.82, 2.24) is 0 Å². The van der Waals surface area contributed by atoms with Crippen molar-refractivity contribution in [3.05, 3.63) is 106 Å². The van der Waals surface area contributed by atoms with Crippen molar-refractivity contribution < 1.29 is 13.3 Å². The number of allylic oxidation sites excluding steroid dienone is 2. The van der Waals surface area contributed by atoms with Crippen molar-refractivity contribution >= 4 is 27.1 Å². The Morgan fingerprint density at radius 2 is 1.88 bits per heavy atom. The molecule has 5 rings (SSSR count). The van der Waals surface area contributed by atoms with E-state index in [9.17, 15) is 18.5 Å². The van der Waals surface area contributed by atoms with E-state index in [0.717, 1.165) is 28.8 Å². The third-order valence-corrected chi connectivity index (χ3v) is 7.84. The molecular weight excluding hydrogens is 438 g/mol. The quantitative estimate of drug-likeness (QED) is 0.295. The summed E-state index contributed by atoms with van der Waals surface area (Å²) in [6.45, 7) is 1.86. The van der Waals surface area contributed by atoms with E-state index in [1.165, 1.54) is 6.07 Å². The number of benzene rings is 3. The van der Waals surface area contributed by atoms with Gasteiger partial charge in [-0.05, 0) is 60.2 Å².